The molecule has 1 fully saturated rings. The van der Waals surface area contributed by atoms with Crippen LogP contribution in [-0.4, -0.2) is 71.7 Å². The Morgan fingerprint density at radius 2 is 1.87 bits per heavy atom. The molecule has 0 unspecified atom stereocenters. The first kappa shape index (κ1) is 31.4. The van der Waals surface area contributed by atoms with Gasteiger partial charge in [-0.2, -0.15) is 0 Å². The first-order valence-electron chi connectivity index (χ1n) is 15.9. The Kier molecular flexibility index (Phi) is 8.67. The van der Waals surface area contributed by atoms with Crippen LogP contribution in [0.4, 0.5) is 17.1 Å². The Morgan fingerprint density at radius 1 is 1.09 bits per heavy atom. The Bertz CT molecular complexity index is 1730. The third kappa shape index (κ3) is 5.25. The minimum absolute atomic E-state index is 0.0756. The average molecular weight is 626 g/mol. The minimum atomic E-state index is -1.96. The van der Waals surface area contributed by atoms with Gasteiger partial charge in [-0.3, -0.25) is 24.1 Å². The second-order valence-corrected chi connectivity index (χ2v) is 12.3. The van der Waals surface area contributed by atoms with E-state index in [9.17, 15) is 29.4 Å². The van der Waals surface area contributed by atoms with Gasteiger partial charge in [0.05, 0.1) is 36.7 Å². The fourth-order valence-electron chi connectivity index (χ4n) is 7.09. The lowest BCUT2D eigenvalue weighted by Gasteiger charge is -2.28. The Morgan fingerprint density at radius 3 is 2.63 bits per heavy atom. The number of amides is 3. The van der Waals surface area contributed by atoms with Crippen molar-refractivity contribution in [1.29, 1.82) is 0 Å². The van der Waals surface area contributed by atoms with Gasteiger partial charge >= 0.3 is 5.97 Å². The van der Waals surface area contributed by atoms with Gasteiger partial charge in [-0.25, -0.2) is 0 Å². The summed E-state index contributed by atoms with van der Waals surface area (Å²) in [6.07, 6.45) is 6.31. The van der Waals surface area contributed by atoms with E-state index in [1.54, 1.807) is 58.0 Å². The number of benzene rings is 3. The van der Waals surface area contributed by atoms with Gasteiger partial charge < -0.3 is 24.7 Å². The number of rotatable bonds is 11. The van der Waals surface area contributed by atoms with E-state index in [-0.39, 0.29) is 49.8 Å². The summed E-state index contributed by atoms with van der Waals surface area (Å²) in [6, 6.07) is 16.5. The molecular formula is C36H39N3O7. The molecule has 46 heavy (non-hydrogen) atoms. The molecule has 3 aliphatic heterocycles. The Balaban J connectivity index is 1.32. The van der Waals surface area contributed by atoms with Crippen molar-refractivity contribution in [3.05, 3.63) is 77.9 Å². The highest BCUT2D eigenvalue weighted by Crippen LogP contribution is 2.49. The van der Waals surface area contributed by atoms with Gasteiger partial charge in [0.1, 0.15) is 0 Å². The number of carbonyl (C=O) groups excluding carboxylic acids is 4. The highest BCUT2D eigenvalue weighted by atomic mass is 16.5. The average Bonchev–Trinajstić information content (AvgIpc) is 3.72. The molecule has 1 saturated heterocycles. The van der Waals surface area contributed by atoms with E-state index in [0.717, 1.165) is 29.3 Å². The van der Waals surface area contributed by atoms with E-state index in [4.69, 9.17) is 4.74 Å². The van der Waals surface area contributed by atoms with Crippen molar-refractivity contribution in [2.45, 2.75) is 57.1 Å². The normalized spacial score (nSPS) is 21.1. The molecule has 10 heteroatoms. The number of methoxy groups -OCH3 is 1. The highest BCUT2D eigenvalue weighted by Gasteiger charge is 2.52. The Hall–Kier alpha value is -4.54. The maximum atomic E-state index is 14.1. The van der Waals surface area contributed by atoms with Gasteiger partial charge in [0, 0.05) is 48.5 Å². The van der Waals surface area contributed by atoms with Gasteiger partial charge in [-0.05, 0) is 61.4 Å². The molecule has 2 N–H and O–H groups in total. The van der Waals surface area contributed by atoms with Crippen LogP contribution >= 0.6 is 0 Å². The molecule has 0 saturated carbocycles. The number of fused-ring (bicyclic) bond motifs is 1. The van der Waals surface area contributed by atoms with Crippen LogP contribution in [0.1, 0.15) is 61.4 Å². The second kappa shape index (κ2) is 12.7. The maximum Gasteiger partial charge on any atom is 0.305 e. The number of likely N-dealkylation sites (tertiary alicyclic amines) is 1. The molecule has 6 rings (SSSR count). The fourth-order valence-corrected chi connectivity index (χ4v) is 7.09. The van der Waals surface area contributed by atoms with E-state index in [1.165, 1.54) is 7.11 Å². The minimum Gasteiger partial charge on any atom is -0.469 e. The van der Waals surface area contributed by atoms with Crippen molar-refractivity contribution in [2.24, 2.45) is 5.92 Å². The summed E-state index contributed by atoms with van der Waals surface area (Å²) in [7, 11) is 1.34. The van der Waals surface area contributed by atoms with E-state index in [0.29, 0.717) is 41.9 Å². The number of aliphatic hydroxyl groups is 2. The van der Waals surface area contributed by atoms with Crippen LogP contribution in [0, 0.1) is 5.92 Å². The van der Waals surface area contributed by atoms with Gasteiger partial charge in [-0.15, -0.1) is 0 Å². The predicted molar refractivity (Wildman–Crippen MR) is 174 cm³/mol. The molecule has 3 aromatic carbocycles. The number of carbonyl (C=O) groups is 4. The van der Waals surface area contributed by atoms with Crippen molar-refractivity contribution in [3.8, 4) is 0 Å². The number of ether oxygens (including phenoxy) is 1. The third-order valence-corrected chi connectivity index (χ3v) is 9.59. The number of anilines is 3. The lowest BCUT2D eigenvalue weighted by Crippen LogP contribution is -2.44. The Labute approximate surface area is 267 Å². The van der Waals surface area contributed by atoms with Gasteiger partial charge in [0.15, 0.2) is 5.60 Å². The number of hydrogen-bond acceptors (Lipinski definition) is 7. The molecule has 3 aromatic rings. The van der Waals surface area contributed by atoms with E-state index < -0.39 is 17.4 Å². The second-order valence-electron chi connectivity index (χ2n) is 12.3. The zero-order chi connectivity index (χ0) is 32.6. The number of nitrogens with zero attached hydrogens (tertiary/aromatic N) is 3. The molecule has 0 aromatic heterocycles. The quantitative estimate of drug-likeness (QED) is 0.182. The summed E-state index contributed by atoms with van der Waals surface area (Å²) in [5.74, 6) is -1.84. The molecular weight excluding hydrogens is 586 g/mol. The van der Waals surface area contributed by atoms with Crippen molar-refractivity contribution in [3.63, 3.8) is 0 Å². The van der Waals surface area contributed by atoms with Crippen LogP contribution in [-0.2, 0) is 24.7 Å². The number of esters is 1. The van der Waals surface area contributed by atoms with E-state index >= 15 is 0 Å². The van der Waals surface area contributed by atoms with Crippen molar-refractivity contribution < 1.29 is 34.1 Å². The summed E-state index contributed by atoms with van der Waals surface area (Å²) in [6.45, 7) is 2.54. The number of unbranched alkanes of at least 4 members (excludes halogenated alkanes) is 1. The summed E-state index contributed by atoms with van der Waals surface area (Å²) < 4.78 is 4.74. The predicted octanol–water partition coefficient (Wildman–Crippen LogP) is 4.57. The van der Waals surface area contributed by atoms with Crippen LogP contribution in [0.25, 0.3) is 10.8 Å². The standard InChI is InChI=1S/C36H39N3O7/c1-23(9-5-15-31(41)37-20-8-12-26(37)22-40)36(45)28-21-25(17-18-29(28)38(35(36)44)19-4-3-16-32(42)46-2)39-30-14-7-11-24-10-6-13-27(33(24)30)34(39)43/h5-7,9-11,13-14,17-18,21,23,26,40,45H,3-4,8,12,15-16,19-20,22H2,1-2H3/b9-5+/t23-,26+,36+/m1/s1. The van der Waals surface area contributed by atoms with Crippen LogP contribution in [0.3, 0.4) is 0 Å². The van der Waals surface area contributed by atoms with Crippen LogP contribution in [0.15, 0.2) is 66.7 Å². The summed E-state index contributed by atoms with van der Waals surface area (Å²) in [5, 5.41) is 23.7. The third-order valence-electron chi connectivity index (χ3n) is 9.59. The molecule has 3 amide bonds. The molecule has 3 aliphatic rings. The lowest BCUT2D eigenvalue weighted by atomic mass is 9.82. The van der Waals surface area contributed by atoms with Crippen LogP contribution in [0.5, 0.6) is 0 Å². The summed E-state index contributed by atoms with van der Waals surface area (Å²) in [4.78, 5) is 57.2. The summed E-state index contributed by atoms with van der Waals surface area (Å²) >= 11 is 0. The van der Waals surface area contributed by atoms with E-state index in [2.05, 4.69) is 0 Å². The smallest absolute Gasteiger partial charge is 0.305 e. The van der Waals surface area contributed by atoms with Gasteiger partial charge in [0.25, 0.3) is 11.8 Å². The van der Waals surface area contributed by atoms with E-state index in [1.807, 2.05) is 30.3 Å². The number of aliphatic hydroxyl groups excluding tert-OH is 1. The zero-order valence-electron chi connectivity index (χ0n) is 26.1. The van der Waals surface area contributed by atoms with Gasteiger partial charge in [-0.1, -0.05) is 43.3 Å². The SMILES string of the molecule is COC(=O)CCCCN1C(=O)[C@](O)([C@H](C)/C=C/CC(=O)N2CCC[C@H]2CO)c2cc(N3C(=O)c4cccc5cccc3c45)ccc21. The van der Waals surface area contributed by atoms with Crippen LogP contribution < -0.4 is 9.80 Å². The first-order chi connectivity index (χ1) is 22.2. The fraction of sp³-hybridized carbons (Fsp3) is 0.389. The summed E-state index contributed by atoms with van der Waals surface area (Å²) in [5.41, 5.74) is 0.811. The first-order valence-corrected chi connectivity index (χ1v) is 15.9. The van der Waals surface area contributed by atoms with Crippen molar-refractivity contribution in [1.82, 2.24) is 4.90 Å². The van der Waals surface area contributed by atoms with Crippen molar-refractivity contribution >= 4 is 51.5 Å². The molecule has 0 radical (unpaired) electrons. The van der Waals surface area contributed by atoms with Crippen molar-refractivity contribution in [2.75, 3.05) is 36.6 Å². The molecule has 0 bridgehead atoms. The molecule has 10 nitrogen and oxygen atoms in total. The number of hydrogen-bond donors (Lipinski definition) is 2. The topological polar surface area (TPSA) is 128 Å². The lowest BCUT2D eigenvalue weighted by molar-refractivity contribution is -0.140. The highest BCUT2D eigenvalue weighted by molar-refractivity contribution is 6.28. The monoisotopic (exact) mass is 625 g/mol. The molecule has 0 spiro atoms. The molecule has 240 valence electrons. The maximum absolute atomic E-state index is 14.1. The zero-order valence-corrected chi connectivity index (χ0v) is 26.1. The van der Waals surface area contributed by atoms with Crippen LogP contribution in [0.2, 0.25) is 0 Å². The van der Waals surface area contributed by atoms with Gasteiger partial charge in [0.2, 0.25) is 5.91 Å². The molecule has 3 heterocycles. The molecule has 0 aliphatic carbocycles. The molecule has 3 atom stereocenters. The largest absolute Gasteiger partial charge is 0.469 e.